The normalized spacial score (nSPS) is 14.9. The molecular formula is C27H31N4O5S2+. The summed E-state index contributed by atoms with van der Waals surface area (Å²) >= 11 is 1.21. The Balaban J connectivity index is 1.82. The van der Waals surface area contributed by atoms with Crippen LogP contribution in [-0.2, 0) is 16.4 Å². The van der Waals surface area contributed by atoms with Gasteiger partial charge in [-0.05, 0) is 67.4 Å². The molecule has 3 aromatic rings. The molecule has 4 rings (SSSR count). The number of aromatic amines is 1. The standard InChI is InChI=1S/C27H30N4O5S2/c1-16(2)36-20-5-3-4-19(14-20)25(28)22(12-17-8-10-21(11-9-17)38(29,34)35)23(13-18-6-7-18)30-27-31-24(15-37-27)26(32)33/h3-5,8-11,14-16,18H,6-7,12-13,28H2,1-2H3,(H,32,33)(H2,29,34,35)/p+1. The van der Waals surface area contributed by atoms with Crippen LogP contribution in [0.25, 0.3) is 5.70 Å². The first kappa shape index (κ1) is 27.5. The molecule has 200 valence electrons. The van der Waals surface area contributed by atoms with Gasteiger partial charge >= 0.3 is 11.1 Å². The van der Waals surface area contributed by atoms with E-state index in [0.717, 1.165) is 35.3 Å². The topological polar surface area (TPSA) is 159 Å². The van der Waals surface area contributed by atoms with E-state index >= 15 is 0 Å². The van der Waals surface area contributed by atoms with E-state index < -0.39 is 16.0 Å². The summed E-state index contributed by atoms with van der Waals surface area (Å²) in [5.74, 6) is 0.102. The minimum atomic E-state index is -3.82. The molecule has 0 radical (unpaired) electrons. The second kappa shape index (κ2) is 11.5. The van der Waals surface area contributed by atoms with Crippen molar-refractivity contribution in [2.75, 3.05) is 0 Å². The predicted octanol–water partition coefficient (Wildman–Crippen LogP) is 4.18. The lowest BCUT2D eigenvalue weighted by atomic mass is 9.93. The molecule has 1 aliphatic carbocycles. The average molecular weight is 556 g/mol. The van der Waals surface area contributed by atoms with E-state index in [-0.39, 0.29) is 16.7 Å². The summed E-state index contributed by atoms with van der Waals surface area (Å²) in [6, 6.07) is 13.9. The number of aromatic carboxylic acids is 1. The lowest BCUT2D eigenvalue weighted by molar-refractivity contribution is -0.361. The first-order chi connectivity index (χ1) is 18.0. The van der Waals surface area contributed by atoms with Gasteiger partial charge in [-0.1, -0.05) is 35.6 Å². The summed E-state index contributed by atoms with van der Waals surface area (Å²) in [4.78, 5) is 19.1. The summed E-state index contributed by atoms with van der Waals surface area (Å²) in [6.07, 6.45) is 3.23. The zero-order valence-corrected chi connectivity index (χ0v) is 22.8. The molecule has 38 heavy (non-hydrogen) atoms. The van der Waals surface area contributed by atoms with Crippen LogP contribution in [-0.4, -0.2) is 31.3 Å². The number of carboxylic acids is 1. The average Bonchev–Trinajstić information content (AvgIpc) is 3.55. The third-order valence-electron chi connectivity index (χ3n) is 6.00. The quantitative estimate of drug-likeness (QED) is 0.301. The Morgan fingerprint density at radius 2 is 1.92 bits per heavy atom. The Labute approximate surface area is 225 Å². The Morgan fingerprint density at radius 1 is 1.21 bits per heavy atom. The maximum absolute atomic E-state index is 11.7. The van der Waals surface area contributed by atoms with Gasteiger partial charge in [0, 0.05) is 29.7 Å². The number of aromatic nitrogens is 1. The molecule has 1 aliphatic rings. The van der Waals surface area contributed by atoms with Gasteiger partial charge in [0.2, 0.25) is 15.7 Å². The van der Waals surface area contributed by atoms with Crippen LogP contribution in [0.1, 0.15) is 54.7 Å². The summed E-state index contributed by atoms with van der Waals surface area (Å²) < 4.78 is 29.3. The van der Waals surface area contributed by atoms with Gasteiger partial charge in [-0.15, -0.1) is 0 Å². The number of rotatable bonds is 11. The molecule has 0 saturated heterocycles. The highest BCUT2D eigenvalue weighted by Gasteiger charge is 2.30. The van der Waals surface area contributed by atoms with Crippen LogP contribution in [0.4, 0.5) is 5.13 Å². The molecule has 2 aromatic carbocycles. The van der Waals surface area contributed by atoms with E-state index in [1.54, 1.807) is 12.1 Å². The monoisotopic (exact) mass is 555 g/mol. The molecular weight excluding hydrogens is 524 g/mol. The zero-order valence-electron chi connectivity index (χ0n) is 21.2. The molecule has 0 atom stereocenters. The van der Waals surface area contributed by atoms with Gasteiger partial charge in [-0.25, -0.2) is 23.3 Å². The Morgan fingerprint density at radius 3 is 2.50 bits per heavy atom. The van der Waals surface area contributed by atoms with Crippen LogP contribution in [0, 0.1) is 5.92 Å². The highest BCUT2D eigenvalue weighted by molar-refractivity contribution is 7.89. The molecule has 1 saturated carbocycles. The van der Waals surface area contributed by atoms with Gasteiger partial charge in [0.1, 0.15) is 5.75 Å². The third-order valence-corrected chi connectivity index (χ3v) is 7.70. The molecule has 0 aliphatic heterocycles. The molecule has 1 aromatic heterocycles. The number of nitrogens with zero attached hydrogens (tertiary/aromatic N) is 1. The predicted molar refractivity (Wildman–Crippen MR) is 147 cm³/mol. The minimum absolute atomic E-state index is 0.00273. The van der Waals surface area contributed by atoms with Crippen LogP contribution in [0.3, 0.4) is 0 Å². The second-order valence-corrected chi connectivity index (χ2v) is 12.0. The summed E-state index contributed by atoms with van der Waals surface area (Å²) in [5, 5.41) is 16.6. The molecule has 6 N–H and O–H groups in total. The number of carbonyl (C=O) groups is 1. The highest BCUT2D eigenvalue weighted by Crippen LogP contribution is 2.36. The fourth-order valence-corrected chi connectivity index (χ4v) is 5.17. The zero-order chi connectivity index (χ0) is 27.4. The number of ether oxygens (including phenoxy) is 1. The van der Waals surface area contributed by atoms with Crippen LogP contribution in [0.5, 0.6) is 5.75 Å². The number of hydrogen-bond acceptors (Lipinski definition) is 7. The Bertz CT molecular complexity index is 1490. The molecule has 0 bridgehead atoms. The first-order valence-corrected chi connectivity index (χ1v) is 14.6. The SMILES string of the molecule is CC(C)Oc1cccc(C(N)=C(Cc2ccc(S(N)(=O)=O)cc2)C(CC2CC2)=Nc2[nH+]c(C(=O)O)cs2)c1. The number of thiazole rings is 1. The van der Waals surface area contributed by atoms with Crippen molar-refractivity contribution in [2.24, 2.45) is 21.8 Å². The van der Waals surface area contributed by atoms with Gasteiger partial charge in [0.05, 0.1) is 16.4 Å². The summed E-state index contributed by atoms with van der Waals surface area (Å²) in [7, 11) is -3.82. The molecule has 0 unspecified atom stereocenters. The minimum Gasteiger partial charge on any atom is -0.491 e. The number of benzene rings is 2. The molecule has 9 nitrogen and oxygen atoms in total. The van der Waals surface area contributed by atoms with Crippen LogP contribution in [0.15, 0.2) is 69.4 Å². The second-order valence-electron chi connectivity index (χ2n) is 9.54. The fourth-order valence-electron chi connectivity index (χ4n) is 3.94. The number of nitrogens with two attached hydrogens (primary N) is 2. The lowest BCUT2D eigenvalue weighted by Crippen LogP contribution is -2.16. The number of H-pyrrole nitrogens is 1. The van der Waals surface area contributed by atoms with Crippen LogP contribution < -0.4 is 20.6 Å². The third kappa shape index (κ3) is 7.27. The van der Waals surface area contributed by atoms with Gasteiger partial charge in [0.25, 0.3) is 0 Å². The molecule has 11 heteroatoms. The number of allylic oxidation sites excluding steroid dienone is 1. The highest BCUT2D eigenvalue weighted by atomic mass is 32.2. The van der Waals surface area contributed by atoms with Crippen LogP contribution >= 0.6 is 11.3 Å². The first-order valence-electron chi connectivity index (χ1n) is 12.2. The largest absolute Gasteiger partial charge is 0.491 e. The van der Waals surface area contributed by atoms with E-state index in [4.69, 9.17) is 20.6 Å². The van der Waals surface area contributed by atoms with Crippen molar-refractivity contribution in [3.05, 3.63) is 76.3 Å². The number of aliphatic imine (C=N–C) groups is 1. The number of carboxylic acid groups (broad SMARTS) is 1. The number of nitrogens with one attached hydrogen (secondary N) is 1. The number of primary sulfonamides is 1. The fraction of sp³-hybridized carbons (Fsp3) is 0.296. The summed E-state index contributed by atoms with van der Waals surface area (Å²) in [6.45, 7) is 3.90. The van der Waals surface area contributed by atoms with Gasteiger partial charge in [-0.3, -0.25) is 0 Å². The van der Waals surface area contributed by atoms with Crippen LogP contribution in [0.2, 0.25) is 0 Å². The number of hydrogen-bond donors (Lipinski definition) is 3. The Hall–Kier alpha value is -3.54. The van der Waals surface area contributed by atoms with Crippen molar-refractivity contribution in [1.82, 2.24) is 0 Å². The maximum atomic E-state index is 11.7. The lowest BCUT2D eigenvalue weighted by Gasteiger charge is -2.15. The summed E-state index contributed by atoms with van der Waals surface area (Å²) in [5.41, 5.74) is 10.5. The van der Waals surface area contributed by atoms with Crippen molar-refractivity contribution in [3.8, 4) is 5.75 Å². The molecule has 0 spiro atoms. The van der Waals surface area contributed by atoms with Crippen molar-refractivity contribution >= 4 is 43.9 Å². The van der Waals surface area contributed by atoms with E-state index in [2.05, 4.69) is 4.98 Å². The number of sulfonamides is 1. The van der Waals surface area contributed by atoms with E-state index in [9.17, 15) is 18.3 Å². The molecule has 1 fully saturated rings. The Kier molecular flexibility index (Phi) is 8.29. The van der Waals surface area contributed by atoms with E-state index in [1.165, 1.54) is 28.8 Å². The van der Waals surface area contributed by atoms with E-state index in [0.29, 0.717) is 35.3 Å². The van der Waals surface area contributed by atoms with E-state index in [1.807, 2.05) is 38.1 Å². The van der Waals surface area contributed by atoms with Gasteiger partial charge < -0.3 is 15.6 Å². The molecule has 1 heterocycles. The van der Waals surface area contributed by atoms with Crippen molar-refractivity contribution in [2.45, 2.75) is 50.5 Å². The molecule has 0 amide bonds. The van der Waals surface area contributed by atoms with Gasteiger partial charge in [-0.2, -0.15) is 0 Å². The van der Waals surface area contributed by atoms with Crippen molar-refractivity contribution < 1.29 is 28.0 Å². The van der Waals surface area contributed by atoms with Gasteiger partial charge in [0.15, 0.2) is 5.71 Å². The maximum Gasteiger partial charge on any atom is 0.380 e. The van der Waals surface area contributed by atoms with Crippen molar-refractivity contribution in [1.29, 1.82) is 0 Å². The van der Waals surface area contributed by atoms with Crippen molar-refractivity contribution in [3.63, 3.8) is 0 Å². The smallest absolute Gasteiger partial charge is 0.380 e.